The Balaban J connectivity index is 0.00000337. The molecule has 0 bridgehead atoms. The predicted molar refractivity (Wildman–Crippen MR) is 164 cm³/mol. The molecule has 1 aliphatic heterocycles. The molecule has 1 aromatic carbocycles. The van der Waals surface area contributed by atoms with E-state index in [0.29, 0.717) is 44.1 Å². The zero-order valence-electron chi connectivity index (χ0n) is 25.2. The van der Waals surface area contributed by atoms with Crippen LogP contribution in [0.4, 0.5) is 0 Å². The average molecular weight is 584 g/mol. The van der Waals surface area contributed by atoms with E-state index in [9.17, 15) is 14.4 Å². The monoisotopic (exact) mass is 583 g/mol. The van der Waals surface area contributed by atoms with E-state index in [2.05, 4.69) is 20.6 Å². The van der Waals surface area contributed by atoms with E-state index < -0.39 is 6.04 Å². The molecule has 2 heterocycles. The molecule has 2 N–H and O–H groups in total. The van der Waals surface area contributed by atoms with Crippen molar-refractivity contribution in [3.63, 3.8) is 0 Å². The number of carbonyl (C=O) groups excluding carboxylic acids is 3. The normalized spacial score (nSPS) is 18.3. The molecular weight excluding hydrogens is 534 g/mol. The van der Waals surface area contributed by atoms with Crippen LogP contribution in [0, 0.1) is 5.92 Å². The van der Waals surface area contributed by atoms with Gasteiger partial charge < -0.3 is 25.0 Å². The van der Waals surface area contributed by atoms with E-state index in [1.807, 2.05) is 43.0 Å². The molecule has 10 heteroatoms. The van der Waals surface area contributed by atoms with Crippen molar-refractivity contribution in [2.45, 2.75) is 83.7 Å². The molecule has 2 fully saturated rings. The molecule has 0 spiro atoms. The molecule has 1 aromatic heterocycles. The molecule has 1 saturated carbocycles. The van der Waals surface area contributed by atoms with Crippen LogP contribution in [-0.2, 0) is 16.1 Å². The van der Waals surface area contributed by atoms with Gasteiger partial charge in [-0.3, -0.25) is 14.4 Å². The van der Waals surface area contributed by atoms with Crippen LogP contribution in [0.3, 0.4) is 0 Å². The van der Waals surface area contributed by atoms with Gasteiger partial charge in [-0.1, -0.05) is 38.3 Å². The van der Waals surface area contributed by atoms with Gasteiger partial charge in [0.1, 0.15) is 0 Å². The number of hydrogen-bond donors (Lipinski definition) is 2. The fraction of sp³-hybridized carbons (Fsp3) is 0.594. The summed E-state index contributed by atoms with van der Waals surface area (Å²) in [6.45, 7) is 6.08. The first-order chi connectivity index (χ1) is 20.4. The number of likely N-dealkylation sites (tertiary alicyclic amines) is 1. The van der Waals surface area contributed by atoms with E-state index in [1.165, 1.54) is 13.5 Å². The van der Waals surface area contributed by atoms with Crippen molar-refractivity contribution < 1.29 is 26.7 Å². The predicted octanol–water partition coefficient (Wildman–Crippen LogP) is 4.53. The topological polar surface area (TPSA) is 123 Å². The number of hydrogen-bond acceptors (Lipinski definition) is 8. The van der Waals surface area contributed by atoms with E-state index in [4.69, 9.17) is 9.47 Å². The Morgan fingerprint density at radius 3 is 2.67 bits per heavy atom. The first kappa shape index (κ1) is 31.4. The number of carbonyl (C=O) groups is 3. The van der Waals surface area contributed by atoms with E-state index >= 15 is 0 Å². The first-order valence-corrected chi connectivity index (χ1v) is 15.4. The van der Waals surface area contributed by atoms with Gasteiger partial charge in [0.05, 0.1) is 26.3 Å². The minimum Gasteiger partial charge on any atom is -0.478 e. The molecule has 0 unspecified atom stereocenters. The van der Waals surface area contributed by atoms with Gasteiger partial charge in [0.25, 0.3) is 5.91 Å². The van der Waals surface area contributed by atoms with Crippen molar-refractivity contribution in [1.82, 2.24) is 25.5 Å². The summed E-state index contributed by atoms with van der Waals surface area (Å²) in [7, 11) is 1.50. The Morgan fingerprint density at radius 2 is 1.93 bits per heavy atom. The number of piperidine rings is 1. The molecule has 10 nitrogen and oxygen atoms in total. The second kappa shape index (κ2) is 15.6. The highest BCUT2D eigenvalue weighted by Gasteiger charge is 2.30. The number of ketones is 1. The van der Waals surface area contributed by atoms with Gasteiger partial charge in [0.2, 0.25) is 11.8 Å². The third-order valence-electron chi connectivity index (χ3n) is 8.36. The number of aromatic nitrogens is 2. The summed E-state index contributed by atoms with van der Waals surface area (Å²) in [5, 5.41) is 6.28. The van der Waals surface area contributed by atoms with Gasteiger partial charge in [-0.05, 0) is 56.2 Å². The molecule has 42 heavy (non-hydrogen) atoms. The van der Waals surface area contributed by atoms with Crippen LogP contribution < -0.4 is 20.1 Å². The molecular formula is C32H49N5O5. The van der Waals surface area contributed by atoms with Gasteiger partial charge in [-0.2, -0.15) is 4.98 Å². The lowest BCUT2D eigenvalue weighted by atomic mass is 9.81. The third-order valence-corrected chi connectivity index (χ3v) is 8.36. The van der Waals surface area contributed by atoms with Gasteiger partial charge >= 0.3 is 6.01 Å². The maximum atomic E-state index is 13.3. The van der Waals surface area contributed by atoms with Crippen LogP contribution in [0.1, 0.15) is 95.5 Å². The quantitative estimate of drug-likeness (QED) is 0.353. The Hall–Kier alpha value is -3.53. The van der Waals surface area contributed by atoms with Crippen LogP contribution >= 0.6 is 0 Å². The number of amides is 2. The molecule has 1 aliphatic carbocycles. The van der Waals surface area contributed by atoms with Gasteiger partial charge in [-0.25, -0.2) is 4.98 Å². The van der Waals surface area contributed by atoms with Crippen LogP contribution in [0.25, 0.3) is 0 Å². The summed E-state index contributed by atoms with van der Waals surface area (Å²) < 4.78 is 10.7. The average Bonchev–Trinajstić information content (AvgIpc) is 3.04. The summed E-state index contributed by atoms with van der Waals surface area (Å²) >= 11 is 0. The minimum atomic E-state index is -0.421. The number of ether oxygens (including phenoxy) is 2. The van der Waals surface area contributed by atoms with Crippen molar-refractivity contribution in [3.8, 4) is 11.9 Å². The number of rotatable bonds is 13. The Kier molecular flexibility index (Phi) is 11.7. The standard InChI is InChI=1S/C32H45N5O5.2H2/c1-4-27(38)29(22-11-7-6-8-12-22)35-30(40)24-14-9-13-23(17-24)25-15-10-16-37(21-25)28(39)20-33-18-26-19-34-32(41-3)36-31(26)42-5-2;;/h9,13-14,17,19,22,25,29,33H,4-8,10-12,15-16,18,20-21H2,1-3H3,(H,35,40);2*1H/t25-,29-;;/m1../s1. The van der Waals surface area contributed by atoms with Crippen LogP contribution in [0.5, 0.6) is 11.9 Å². The molecule has 232 valence electrons. The minimum absolute atomic E-state index is 0. The fourth-order valence-corrected chi connectivity index (χ4v) is 6.06. The van der Waals surface area contributed by atoms with Crippen molar-refractivity contribution in [2.75, 3.05) is 33.4 Å². The lowest BCUT2D eigenvalue weighted by Gasteiger charge is -2.33. The van der Waals surface area contributed by atoms with Gasteiger partial charge in [0, 0.05) is 52.2 Å². The Bertz CT molecular complexity index is 1230. The first-order valence-electron chi connectivity index (χ1n) is 15.4. The highest BCUT2D eigenvalue weighted by atomic mass is 16.5. The summed E-state index contributed by atoms with van der Waals surface area (Å²) in [4.78, 5) is 49.4. The summed E-state index contributed by atoms with van der Waals surface area (Å²) in [5.74, 6) is 0.727. The van der Waals surface area contributed by atoms with Crippen LogP contribution in [0.15, 0.2) is 30.5 Å². The summed E-state index contributed by atoms with van der Waals surface area (Å²) in [6, 6.07) is 7.48. The number of Topliss-reactive ketones (excluding diaryl/α,β-unsaturated/α-hetero) is 1. The second-order valence-corrected chi connectivity index (χ2v) is 11.2. The van der Waals surface area contributed by atoms with Crippen LogP contribution in [0.2, 0.25) is 0 Å². The highest BCUT2D eigenvalue weighted by Crippen LogP contribution is 2.29. The Labute approximate surface area is 251 Å². The fourth-order valence-electron chi connectivity index (χ4n) is 6.06. The Morgan fingerprint density at radius 1 is 1.12 bits per heavy atom. The molecule has 2 atom stereocenters. The third kappa shape index (κ3) is 8.27. The van der Waals surface area contributed by atoms with E-state index in [0.717, 1.165) is 49.7 Å². The zero-order chi connectivity index (χ0) is 29.9. The lowest BCUT2D eigenvalue weighted by molar-refractivity contribution is -0.131. The van der Waals surface area contributed by atoms with Gasteiger partial charge in [-0.15, -0.1) is 0 Å². The zero-order valence-corrected chi connectivity index (χ0v) is 25.2. The van der Waals surface area contributed by atoms with Crippen molar-refractivity contribution in [3.05, 3.63) is 47.2 Å². The van der Waals surface area contributed by atoms with E-state index in [-0.39, 0.29) is 44.8 Å². The van der Waals surface area contributed by atoms with E-state index in [1.54, 1.807) is 6.20 Å². The second-order valence-electron chi connectivity index (χ2n) is 11.2. The lowest BCUT2D eigenvalue weighted by Crippen LogP contribution is -2.46. The smallest absolute Gasteiger partial charge is 0.319 e. The maximum Gasteiger partial charge on any atom is 0.319 e. The largest absolute Gasteiger partial charge is 0.478 e. The van der Waals surface area contributed by atoms with Crippen molar-refractivity contribution >= 4 is 17.6 Å². The number of methoxy groups -OCH3 is 1. The molecule has 4 rings (SSSR count). The number of nitrogens with one attached hydrogen (secondary N) is 2. The number of benzene rings is 1. The molecule has 2 amide bonds. The summed E-state index contributed by atoms with van der Waals surface area (Å²) in [5.41, 5.74) is 2.36. The molecule has 2 aromatic rings. The molecule has 0 radical (unpaired) electrons. The van der Waals surface area contributed by atoms with Crippen molar-refractivity contribution in [1.29, 1.82) is 0 Å². The summed E-state index contributed by atoms with van der Waals surface area (Å²) in [6.07, 6.45) is 9.29. The van der Waals surface area contributed by atoms with Crippen LogP contribution in [-0.4, -0.2) is 71.9 Å². The highest BCUT2D eigenvalue weighted by molar-refractivity contribution is 5.98. The van der Waals surface area contributed by atoms with Crippen molar-refractivity contribution in [2.24, 2.45) is 5.92 Å². The molecule has 2 aliphatic rings. The molecule has 1 saturated heterocycles. The van der Waals surface area contributed by atoms with Gasteiger partial charge in [0.15, 0.2) is 5.78 Å². The SMILES string of the molecule is CCOc1nc(OC)ncc1CNCC(=O)N1CCC[C@@H](c2cccc(C(=O)N[C@@H](C(=O)CC)C3CCCCC3)c2)C1.[HH].[HH]. The maximum absolute atomic E-state index is 13.3. The number of nitrogens with zero attached hydrogens (tertiary/aromatic N) is 3.